The fourth-order valence-electron chi connectivity index (χ4n) is 1.22. The van der Waals surface area contributed by atoms with Gasteiger partial charge >= 0.3 is 0 Å². The molecule has 0 bridgehead atoms. The van der Waals surface area contributed by atoms with Crippen molar-refractivity contribution < 1.29 is 0 Å². The van der Waals surface area contributed by atoms with Gasteiger partial charge in [-0.1, -0.05) is 62.8 Å². The predicted octanol–water partition coefficient (Wildman–Crippen LogP) is 5.38. The molecule has 0 saturated heterocycles. The summed E-state index contributed by atoms with van der Waals surface area (Å²) >= 11 is 0. The molecule has 0 radical (unpaired) electrons. The molecule has 0 nitrogen and oxygen atoms in total. The lowest BCUT2D eigenvalue weighted by Gasteiger charge is -2.19. The van der Waals surface area contributed by atoms with Crippen molar-refractivity contribution in [3.05, 3.63) is 0 Å². The maximum atomic E-state index is 2.28. The second-order valence-electron chi connectivity index (χ2n) is 5.89. The first kappa shape index (κ1) is 18.7. The molecular weight excluding hydrogens is 156 g/mol. The topological polar surface area (TPSA) is 0 Å². The van der Waals surface area contributed by atoms with E-state index in [0.29, 0.717) is 5.41 Å². The lowest BCUT2D eigenvalue weighted by Crippen LogP contribution is -2.08. The molecule has 0 rings (SSSR count). The van der Waals surface area contributed by atoms with Gasteiger partial charge in [0, 0.05) is 0 Å². The second kappa shape index (κ2) is 8.59. The molecule has 0 heteroatoms. The van der Waals surface area contributed by atoms with E-state index in [1.165, 1.54) is 6.42 Å². The fraction of sp³-hybridized carbons (Fsp3) is 1.00. The summed E-state index contributed by atoms with van der Waals surface area (Å²) in [6.45, 7) is 17.9. The van der Waals surface area contributed by atoms with E-state index >= 15 is 0 Å². The van der Waals surface area contributed by atoms with Gasteiger partial charge in [0.15, 0.2) is 0 Å². The Kier molecular flexibility index (Phi) is 12.4. The number of hydrogen-bond acceptors (Lipinski definition) is 0. The van der Waals surface area contributed by atoms with Gasteiger partial charge in [-0.15, -0.1) is 0 Å². The Hall–Kier alpha value is 0. The Morgan fingerprint density at radius 3 is 1.08 bits per heavy atom. The molecule has 0 aliphatic carbocycles. The molecule has 0 heterocycles. The maximum Gasteiger partial charge on any atom is -0.0380 e. The zero-order valence-electron chi connectivity index (χ0n) is 10.4. The average Bonchev–Trinajstić information content (AvgIpc) is 1.52. The monoisotopic (exact) mass is 188 g/mol. The minimum atomic E-state index is 0. The van der Waals surface area contributed by atoms with Gasteiger partial charge in [-0.2, -0.15) is 0 Å². The van der Waals surface area contributed by atoms with E-state index in [4.69, 9.17) is 0 Å². The molecule has 0 aliphatic heterocycles. The molecule has 0 aromatic heterocycles. The SMILES string of the molecule is C.CC(C)C.CC(C)CC(C)(C)C. The van der Waals surface area contributed by atoms with E-state index in [-0.39, 0.29) is 7.43 Å². The van der Waals surface area contributed by atoms with Crippen LogP contribution in [-0.2, 0) is 0 Å². The van der Waals surface area contributed by atoms with Gasteiger partial charge < -0.3 is 0 Å². The molecule has 0 fully saturated rings. The van der Waals surface area contributed by atoms with E-state index in [1.54, 1.807) is 0 Å². The summed E-state index contributed by atoms with van der Waals surface area (Å²) in [6.07, 6.45) is 1.33. The van der Waals surface area contributed by atoms with Crippen LogP contribution in [0.1, 0.15) is 69.2 Å². The Bertz CT molecular complexity index is 79.9. The van der Waals surface area contributed by atoms with Gasteiger partial charge in [0.25, 0.3) is 0 Å². The van der Waals surface area contributed by atoms with Gasteiger partial charge in [0.2, 0.25) is 0 Å². The van der Waals surface area contributed by atoms with Gasteiger partial charge in [-0.25, -0.2) is 0 Å². The number of rotatable bonds is 1. The van der Waals surface area contributed by atoms with Crippen LogP contribution >= 0.6 is 0 Å². The fourth-order valence-corrected chi connectivity index (χ4v) is 1.22. The van der Waals surface area contributed by atoms with Crippen LogP contribution in [0.3, 0.4) is 0 Å². The van der Waals surface area contributed by atoms with Crippen LogP contribution in [0, 0.1) is 17.3 Å². The largest absolute Gasteiger partial charge is 0.0776 e. The van der Waals surface area contributed by atoms with Gasteiger partial charge in [-0.05, 0) is 23.7 Å². The second-order valence-corrected chi connectivity index (χ2v) is 5.89. The zero-order chi connectivity index (χ0) is 10.4. The molecule has 0 spiro atoms. The quantitative estimate of drug-likeness (QED) is 0.518. The van der Waals surface area contributed by atoms with Crippen LogP contribution in [0.15, 0.2) is 0 Å². The Morgan fingerprint density at radius 1 is 0.846 bits per heavy atom. The van der Waals surface area contributed by atoms with Crippen LogP contribution in [0.4, 0.5) is 0 Å². The molecule has 0 unspecified atom stereocenters. The van der Waals surface area contributed by atoms with Gasteiger partial charge in [0.05, 0.1) is 0 Å². The zero-order valence-corrected chi connectivity index (χ0v) is 10.4. The normalized spacial score (nSPS) is 10.6. The minimum absolute atomic E-state index is 0. The van der Waals surface area contributed by atoms with E-state index < -0.39 is 0 Å². The van der Waals surface area contributed by atoms with E-state index in [2.05, 4.69) is 55.4 Å². The molecule has 0 aliphatic rings. The third-order valence-corrected chi connectivity index (χ3v) is 1.02. The van der Waals surface area contributed by atoms with Crippen LogP contribution in [0.5, 0.6) is 0 Å². The first-order valence-corrected chi connectivity index (χ1v) is 5.15. The van der Waals surface area contributed by atoms with Gasteiger partial charge in [-0.3, -0.25) is 0 Å². The van der Waals surface area contributed by atoms with Crippen molar-refractivity contribution in [2.75, 3.05) is 0 Å². The van der Waals surface area contributed by atoms with Crippen molar-refractivity contribution in [3.63, 3.8) is 0 Å². The highest BCUT2D eigenvalue weighted by molar-refractivity contribution is 4.62. The highest BCUT2D eigenvalue weighted by atomic mass is 14.2. The van der Waals surface area contributed by atoms with Crippen LogP contribution in [-0.4, -0.2) is 0 Å². The smallest absolute Gasteiger partial charge is 0.0380 e. The summed E-state index contributed by atoms with van der Waals surface area (Å²) in [4.78, 5) is 0. The highest BCUT2D eigenvalue weighted by Gasteiger charge is 2.11. The molecule has 0 aromatic carbocycles. The molecule has 0 N–H and O–H groups in total. The Balaban J connectivity index is -0.000000173. The summed E-state index contributed by atoms with van der Waals surface area (Å²) in [5, 5.41) is 0. The summed E-state index contributed by atoms with van der Waals surface area (Å²) in [6, 6.07) is 0. The predicted molar refractivity (Wildman–Crippen MR) is 66.2 cm³/mol. The lowest BCUT2D eigenvalue weighted by molar-refractivity contribution is 0.320. The minimum Gasteiger partial charge on any atom is -0.0776 e. The molecule has 13 heavy (non-hydrogen) atoms. The van der Waals surface area contributed by atoms with E-state index in [1.807, 2.05) is 0 Å². The maximum absolute atomic E-state index is 2.28. The van der Waals surface area contributed by atoms with Crippen molar-refractivity contribution in [1.29, 1.82) is 0 Å². The summed E-state index contributed by atoms with van der Waals surface area (Å²) < 4.78 is 0. The Labute approximate surface area is 87.1 Å². The van der Waals surface area contributed by atoms with Crippen molar-refractivity contribution in [2.45, 2.75) is 69.2 Å². The van der Waals surface area contributed by atoms with Crippen LogP contribution < -0.4 is 0 Å². The van der Waals surface area contributed by atoms with Crippen molar-refractivity contribution in [1.82, 2.24) is 0 Å². The standard InChI is InChI=1S/C8H18.C4H10.CH4/c1-7(2)6-8(3,4)5;1-4(2)3;/h7H,6H2,1-5H3;4H,1-3H3;1H4. The summed E-state index contributed by atoms with van der Waals surface area (Å²) in [7, 11) is 0. The summed E-state index contributed by atoms with van der Waals surface area (Å²) in [5.74, 6) is 1.68. The molecule has 0 atom stereocenters. The van der Waals surface area contributed by atoms with Gasteiger partial charge in [0.1, 0.15) is 0 Å². The Morgan fingerprint density at radius 2 is 1.08 bits per heavy atom. The summed E-state index contributed by atoms with van der Waals surface area (Å²) in [5.41, 5.74) is 0.522. The van der Waals surface area contributed by atoms with E-state index in [9.17, 15) is 0 Å². The average molecular weight is 188 g/mol. The van der Waals surface area contributed by atoms with Crippen LogP contribution in [0.2, 0.25) is 0 Å². The molecule has 0 aromatic rings. The third-order valence-electron chi connectivity index (χ3n) is 1.02. The molecule has 0 saturated carbocycles. The number of hydrogen-bond donors (Lipinski definition) is 0. The highest BCUT2D eigenvalue weighted by Crippen LogP contribution is 2.23. The molecule has 84 valence electrons. The van der Waals surface area contributed by atoms with E-state index in [0.717, 1.165) is 11.8 Å². The van der Waals surface area contributed by atoms with Crippen molar-refractivity contribution >= 4 is 0 Å². The molecular formula is C13H32. The third kappa shape index (κ3) is 48.0. The first-order chi connectivity index (χ1) is 5.15. The van der Waals surface area contributed by atoms with Crippen molar-refractivity contribution in [3.8, 4) is 0 Å². The van der Waals surface area contributed by atoms with Crippen molar-refractivity contribution in [2.24, 2.45) is 17.3 Å². The lowest BCUT2D eigenvalue weighted by atomic mass is 9.86. The first-order valence-electron chi connectivity index (χ1n) is 5.15. The molecule has 0 amide bonds. The van der Waals surface area contributed by atoms with Crippen LogP contribution in [0.25, 0.3) is 0 Å².